The van der Waals surface area contributed by atoms with Crippen LogP contribution in [0.3, 0.4) is 0 Å². The molecule has 3 heteroatoms. The minimum Gasteiger partial charge on any atom is -0.326 e. The maximum Gasteiger partial charge on any atom is 0.228 e. The van der Waals surface area contributed by atoms with Crippen LogP contribution in [-0.4, -0.2) is 12.5 Å². The second-order valence-corrected chi connectivity index (χ2v) is 6.23. The molecule has 2 atom stereocenters. The van der Waals surface area contributed by atoms with Gasteiger partial charge in [-0.05, 0) is 48.6 Å². The van der Waals surface area contributed by atoms with Crippen LogP contribution >= 0.6 is 0 Å². The summed E-state index contributed by atoms with van der Waals surface area (Å²) in [4.78, 5) is 12.6. The summed E-state index contributed by atoms with van der Waals surface area (Å²) in [7, 11) is 0. The molecule has 1 aliphatic rings. The average molecular weight is 308 g/mol. The molecular weight excluding hydrogens is 284 g/mol. The van der Waals surface area contributed by atoms with Crippen molar-refractivity contribution in [2.45, 2.75) is 32.7 Å². The van der Waals surface area contributed by atoms with Gasteiger partial charge in [0.25, 0.3) is 0 Å². The maximum atomic E-state index is 12.6. The third kappa shape index (κ3) is 3.62. The van der Waals surface area contributed by atoms with Crippen molar-refractivity contribution in [1.29, 1.82) is 0 Å². The molecule has 2 aromatic carbocycles. The first kappa shape index (κ1) is 15.8. The Kier molecular flexibility index (Phi) is 4.77. The molecule has 0 aromatic heterocycles. The third-order valence-corrected chi connectivity index (χ3v) is 4.56. The van der Waals surface area contributed by atoms with Gasteiger partial charge in [-0.25, -0.2) is 0 Å². The van der Waals surface area contributed by atoms with Gasteiger partial charge in [-0.15, -0.1) is 0 Å². The van der Waals surface area contributed by atoms with E-state index in [1.54, 1.807) is 0 Å². The summed E-state index contributed by atoms with van der Waals surface area (Å²) in [6, 6.07) is 16.4. The molecule has 2 N–H and O–H groups in total. The van der Waals surface area contributed by atoms with Gasteiger partial charge >= 0.3 is 0 Å². The Labute approximate surface area is 138 Å². The van der Waals surface area contributed by atoms with Gasteiger partial charge in [0.05, 0.1) is 0 Å². The Morgan fingerprint density at radius 1 is 1.13 bits per heavy atom. The Balaban J connectivity index is 1.66. The predicted molar refractivity (Wildman–Crippen MR) is 94.5 cm³/mol. The zero-order valence-corrected chi connectivity index (χ0v) is 13.8. The molecule has 1 saturated carbocycles. The Morgan fingerprint density at radius 2 is 1.87 bits per heavy atom. The molecule has 1 aliphatic carbocycles. The second-order valence-electron chi connectivity index (χ2n) is 6.23. The zero-order valence-electron chi connectivity index (χ0n) is 13.8. The van der Waals surface area contributed by atoms with E-state index in [1.165, 1.54) is 11.1 Å². The highest BCUT2D eigenvalue weighted by Crippen LogP contribution is 2.49. The lowest BCUT2D eigenvalue weighted by Gasteiger charge is -2.11. The number of anilines is 1. The van der Waals surface area contributed by atoms with Crippen LogP contribution in [0.2, 0.25) is 0 Å². The van der Waals surface area contributed by atoms with E-state index in [0.717, 1.165) is 30.8 Å². The average Bonchev–Trinajstić information content (AvgIpc) is 3.35. The van der Waals surface area contributed by atoms with Crippen LogP contribution < -0.4 is 10.6 Å². The molecular formula is C20H24N2O. The molecule has 0 aliphatic heterocycles. The molecule has 1 fully saturated rings. The number of aryl methyl sites for hydroxylation is 1. The predicted octanol–water partition coefficient (Wildman–Crippen LogP) is 3.85. The minimum absolute atomic E-state index is 0.100. The van der Waals surface area contributed by atoms with E-state index in [4.69, 9.17) is 0 Å². The van der Waals surface area contributed by atoms with Crippen LogP contribution in [-0.2, 0) is 11.3 Å². The lowest BCUT2D eigenvalue weighted by Crippen LogP contribution is -2.18. The van der Waals surface area contributed by atoms with Crippen molar-refractivity contribution >= 4 is 11.6 Å². The molecule has 2 aromatic rings. The number of hydrogen-bond donors (Lipinski definition) is 2. The van der Waals surface area contributed by atoms with E-state index < -0.39 is 0 Å². The van der Waals surface area contributed by atoms with Crippen molar-refractivity contribution in [3.8, 4) is 0 Å². The molecule has 3 rings (SSSR count). The first-order chi connectivity index (χ1) is 11.2. The topological polar surface area (TPSA) is 41.1 Å². The van der Waals surface area contributed by atoms with Gasteiger partial charge < -0.3 is 10.6 Å². The van der Waals surface area contributed by atoms with Gasteiger partial charge in [0, 0.05) is 18.2 Å². The molecule has 0 bridgehead atoms. The first-order valence-electron chi connectivity index (χ1n) is 8.35. The lowest BCUT2D eigenvalue weighted by atomic mass is 10.0. The fourth-order valence-electron chi connectivity index (χ4n) is 3.11. The standard InChI is InChI=1S/C20H24N2O/c1-3-21-13-15-9-5-7-11-19(15)22-20(23)18-12-17(18)16-10-6-4-8-14(16)2/h4-11,17-18,21H,3,12-13H2,1-2H3,(H,22,23)/t17-,18+/m1/s1. The second kappa shape index (κ2) is 6.97. The summed E-state index contributed by atoms with van der Waals surface area (Å²) in [6.45, 7) is 5.89. The Morgan fingerprint density at radius 3 is 2.65 bits per heavy atom. The molecule has 0 spiro atoms. The van der Waals surface area contributed by atoms with E-state index in [-0.39, 0.29) is 11.8 Å². The smallest absolute Gasteiger partial charge is 0.228 e. The van der Waals surface area contributed by atoms with Crippen molar-refractivity contribution < 1.29 is 4.79 Å². The number of carbonyl (C=O) groups excluding carboxylic acids is 1. The van der Waals surface area contributed by atoms with Crippen molar-refractivity contribution in [2.75, 3.05) is 11.9 Å². The molecule has 3 nitrogen and oxygen atoms in total. The number of rotatable bonds is 6. The van der Waals surface area contributed by atoms with Crippen molar-refractivity contribution in [3.05, 3.63) is 65.2 Å². The highest BCUT2D eigenvalue weighted by molar-refractivity contribution is 5.95. The van der Waals surface area contributed by atoms with Crippen molar-refractivity contribution in [3.63, 3.8) is 0 Å². The summed E-state index contributed by atoms with van der Waals surface area (Å²) < 4.78 is 0. The van der Waals surface area contributed by atoms with Crippen molar-refractivity contribution in [1.82, 2.24) is 5.32 Å². The quantitative estimate of drug-likeness (QED) is 0.851. The third-order valence-electron chi connectivity index (χ3n) is 4.56. The van der Waals surface area contributed by atoms with E-state index >= 15 is 0 Å². The number of hydrogen-bond acceptors (Lipinski definition) is 2. The zero-order chi connectivity index (χ0) is 16.2. The number of carbonyl (C=O) groups is 1. The summed E-state index contributed by atoms with van der Waals surface area (Å²) in [6.07, 6.45) is 0.950. The molecule has 1 amide bonds. The van der Waals surface area contributed by atoms with Gasteiger partial charge in [0.2, 0.25) is 5.91 Å². The summed E-state index contributed by atoms with van der Waals surface area (Å²) in [5.41, 5.74) is 4.65. The van der Waals surface area contributed by atoms with E-state index in [1.807, 2.05) is 24.3 Å². The van der Waals surface area contributed by atoms with Crippen LogP contribution in [0.4, 0.5) is 5.69 Å². The number of nitrogens with one attached hydrogen (secondary N) is 2. The van der Waals surface area contributed by atoms with Crippen LogP contribution in [0.15, 0.2) is 48.5 Å². The summed E-state index contributed by atoms with van der Waals surface area (Å²) >= 11 is 0. The van der Waals surface area contributed by atoms with E-state index in [2.05, 4.69) is 48.7 Å². The van der Waals surface area contributed by atoms with E-state index in [0.29, 0.717) is 5.92 Å². The molecule has 0 radical (unpaired) electrons. The Hall–Kier alpha value is -2.13. The minimum atomic E-state index is 0.100. The highest BCUT2D eigenvalue weighted by atomic mass is 16.2. The molecule has 120 valence electrons. The number of amides is 1. The largest absolute Gasteiger partial charge is 0.326 e. The molecule has 0 saturated heterocycles. The lowest BCUT2D eigenvalue weighted by molar-refractivity contribution is -0.117. The van der Waals surface area contributed by atoms with Gasteiger partial charge in [0.1, 0.15) is 0 Å². The van der Waals surface area contributed by atoms with Gasteiger partial charge in [-0.1, -0.05) is 49.4 Å². The van der Waals surface area contributed by atoms with Crippen LogP contribution in [0.25, 0.3) is 0 Å². The maximum absolute atomic E-state index is 12.6. The molecule has 0 unspecified atom stereocenters. The Bertz CT molecular complexity index is 696. The molecule has 0 heterocycles. The van der Waals surface area contributed by atoms with Crippen molar-refractivity contribution in [2.24, 2.45) is 5.92 Å². The number of benzene rings is 2. The fraction of sp³-hybridized carbons (Fsp3) is 0.350. The summed E-state index contributed by atoms with van der Waals surface area (Å²) in [5.74, 6) is 0.614. The monoisotopic (exact) mass is 308 g/mol. The van der Waals surface area contributed by atoms with Crippen LogP contribution in [0.1, 0.15) is 36.0 Å². The fourth-order valence-corrected chi connectivity index (χ4v) is 3.11. The number of para-hydroxylation sites is 1. The van der Waals surface area contributed by atoms with Gasteiger partial charge in [-0.2, -0.15) is 0 Å². The van der Waals surface area contributed by atoms with E-state index in [9.17, 15) is 4.79 Å². The van der Waals surface area contributed by atoms with Crippen LogP contribution in [0.5, 0.6) is 0 Å². The summed E-state index contributed by atoms with van der Waals surface area (Å²) in [5, 5.41) is 6.44. The highest BCUT2D eigenvalue weighted by Gasteiger charge is 2.44. The first-order valence-corrected chi connectivity index (χ1v) is 8.35. The van der Waals surface area contributed by atoms with Gasteiger partial charge in [0.15, 0.2) is 0 Å². The normalized spacial score (nSPS) is 19.4. The molecule has 23 heavy (non-hydrogen) atoms. The van der Waals surface area contributed by atoms with Gasteiger partial charge in [-0.3, -0.25) is 4.79 Å². The SMILES string of the molecule is CCNCc1ccccc1NC(=O)[C@H]1C[C@@H]1c1ccccc1C. The van der Waals surface area contributed by atoms with Crippen LogP contribution in [0, 0.1) is 12.8 Å².